The number of hydrogen-bond donors (Lipinski definition) is 1. The highest BCUT2D eigenvalue weighted by Crippen LogP contribution is 2.20. The molecule has 2 aliphatic rings. The molecule has 5 heteroatoms. The van der Waals surface area contributed by atoms with Gasteiger partial charge >= 0.3 is 0 Å². The molecule has 130 valence electrons. The van der Waals surface area contributed by atoms with Gasteiger partial charge in [-0.25, -0.2) is 0 Å². The maximum Gasteiger partial charge on any atom is 0.222 e. The van der Waals surface area contributed by atoms with E-state index in [0.717, 1.165) is 64.4 Å². The van der Waals surface area contributed by atoms with Crippen molar-refractivity contribution < 1.29 is 9.53 Å². The molecule has 2 fully saturated rings. The molecule has 0 spiro atoms. The van der Waals surface area contributed by atoms with Crippen LogP contribution in [-0.4, -0.2) is 49.7 Å². The molecule has 1 unspecified atom stereocenters. The Bertz CT molecular complexity index is 320. The fraction of sp³-hybridized carbons (Fsp3) is 0.941. The quantitative estimate of drug-likeness (QED) is 0.779. The summed E-state index contributed by atoms with van der Waals surface area (Å²) in [5, 5.41) is 3.38. The van der Waals surface area contributed by atoms with Crippen molar-refractivity contribution in [2.24, 2.45) is 11.8 Å². The molecule has 0 aromatic rings. The van der Waals surface area contributed by atoms with E-state index in [2.05, 4.69) is 19.2 Å². The Kier molecular flexibility index (Phi) is 9.37. The van der Waals surface area contributed by atoms with Gasteiger partial charge in [-0.3, -0.25) is 4.79 Å². The number of carbonyl (C=O) groups excluding carboxylic acids is 1. The van der Waals surface area contributed by atoms with Gasteiger partial charge in [0, 0.05) is 26.1 Å². The summed E-state index contributed by atoms with van der Waals surface area (Å²) in [5.41, 5.74) is 0. The maximum atomic E-state index is 12.3. The molecular weight excluding hydrogens is 300 g/mol. The smallest absolute Gasteiger partial charge is 0.222 e. The summed E-state index contributed by atoms with van der Waals surface area (Å²) in [7, 11) is 0. The highest BCUT2D eigenvalue weighted by Gasteiger charge is 2.27. The number of amides is 1. The molecular formula is C17H33ClN2O2. The van der Waals surface area contributed by atoms with Gasteiger partial charge in [-0.2, -0.15) is 0 Å². The number of likely N-dealkylation sites (tertiary alicyclic amines) is 1. The number of nitrogens with one attached hydrogen (secondary N) is 1. The van der Waals surface area contributed by atoms with E-state index in [4.69, 9.17) is 4.74 Å². The van der Waals surface area contributed by atoms with Gasteiger partial charge in [-0.05, 0) is 57.0 Å². The van der Waals surface area contributed by atoms with Gasteiger partial charge in [-0.1, -0.05) is 13.8 Å². The van der Waals surface area contributed by atoms with Crippen LogP contribution in [0.1, 0.15) is 52.4 Å². The molecule has 1 N–H and O–H groups in total. The van der Waals surface area contributed by atoms with E-state index in [9.17, 15) is 4.79 Å². The van der Waals surface area contributed by atoms with Crippen molar-refractivity contribution in [2.45, 2.75) is 58.5 Å². The lowest BCUT2D eigenvalue weighted by atomic mass is 9.93. The molecule has 0 aromatic carbocycles. The van der Waals surface area contributed by atoms with Crippen LogP contribution >= 0.6 is 12.4 Å². The Morgan fingerprint density at radius 2 is 2.00 bits per heavy atom. The standard InChI is InChI=1S/C17H32N2O2.ClH/c1-14(2)8-12-21-16-7-11-19(13-16)17(20)4-3-15-5-9-18-10-6-15;/h14-16,18H,3-13H2,1-2H3;1H. The van der Waals surface area contributed by atoms with Crippen LogP contribution in [-0.2, 0) is 9.53 Å². The highest BCUT2D eigenvalue weighted by molar-refractivity contribution is 5.85. The molecule has 0 saturated carbocycles. The van der Waals surface area contributed by atoms with Crippen LogP contribution in [0.15, 0.2) is 0 Å². The summed E-state index contributed by atoms with van der Waals surface area (Å²) in [6, 6.07) is 0. The van der Waals surface area contributed by atoms with Crippen LogP contribution in [0, 0.1) is 11.8 Å². The molecule has 2 rings (SSSR count). The molecule has 2 heterocycles. The molecule has 0 aromatic heterocycles. The normalized spacial score (nSPS) is 22.9. The van der Waals surface area contributed by atoms with Crippen LogP contribution in [0.2, 0.25) is 0 Å². The molecule has 2 saturated heterocycles. The highest BCUT2D eigenvalue weighted by atomic mass is 35.5. The zero-order chi connectivity index (χ0) is 15.1. The minimum atomic E-state index is 0. The van der Waals surface area contributed by atoms with Crippen molar-refractivity contribution in [2.75, 3.05) is 32.8 Å². The fourth-order valence-corrected chi connectivity index (χ4v) is 3.22. The van der Waals surface area contributed by atoms with E-state index >= 15 is 0 Å². The van der Waals surface area contributed by atoms with Gasteiger partial charge in [0.15, 0.2) is 0 Å². The van der Waals surface area contributed by atoms with E-state index < -0.39 is 0 Å². The molecule has 22 heavy (non-hydrogen) atoms. The molecule has 4 nitrogen and oxygen atoms in total. The van der Waals surface area contributed by atoms with Crippen molar-refractivity contribution in [1.82, 2.24) is 10.2 Å². The molecule has 2 aliphatic heterocycles. The molecule has 0 radical (unpaired) electrons. The van der Waals surface area contributed by atoms with Crippen molar-refractivity contribution in [1.29, 1.82) is 0 Å². The predicted molar refractivity (Wildman–Crippen MR) is 92.5 cm³/mol. The second-order valence-electron chi connectivity index (χ2n) is 7.04. The first-order chi connectivity index (χ1) is 10.1. The summed E-state index contributed by atoms with van der Waals surface area (Å²) in [6.45, 7) is 9.20. The van der Waals surface area contributed by atoms with Crippen molar-refractivity contribution >= 4 is 18.3 Å². The van der Waals surface area contributed by atoms with E-state index in [1.54, 1.807) is 0 Å². The number of rotatable bonds is 7. The Morgan fingerprint density at radius 3 is 2.68 bits per heavy atom. The number of nitrogens with zero attached hydrogens (tertiary/aromatic N) is 1. The summed E-state index contributed by atoms with van der Waals surface area (Å²) in [4.78, 5) is 14.3. The molecule has 0 aliphatic carbocycles. The van der Waals surface area contributed by atoms with E-state index in [-0.39, 0.29) is 18.5 Å². The summed E-state index contributed by atoms with van der Waals surface area (Å²) in [5.74, 6) is 1.77. The fourth-order valence-electron chi connectivity index (χ4n) is 3.22. The Hall–Kier alpha value is -0.320. The summed E-state index contributed by atoms with van der Waals surface area (Å²) >= 11 is 0. The minimum Gasteiger partial charge on any atom is -0.376 e. The lowest BCUT2D eigenvalue weighted by molar-refractivity contribution is -0.131. The predicted octanol–water partition coefficient (Wildman–Crippen LogP) is 2.85. The van der Waals surface area contributed by atoms with Gasteiger partial charge in [0.2, 0.25) is 5.91 Å². The Balaban J connectivity index is 0.00000242. The lowest BCUT2D eigenvalue weighted by Gasteiger charge is -2.23. The average Bonchev–Trinajstić information content (AvgIpc) is 2.94. The van der Waals surface area contributed by atoms with Crippen LogP contribution in [0.3, 0.4) is 0 Å². The summed E-state index contributed by atoms with van der Waals surface area (Å²) < 4.78 is 5.89. The number of piperidine rings is 1. The van der Waals surface area contributed by atoms with Gasteiger partial charge in [0.05, 0.1) is 6.10 Å². The minimum absolute atomic E-state index is 0. The maximum absolute atomic E-state index is 12.3. The molecule has 1 amide bonds. The number of halogens is 1. The van der Waals surface area contributed by atoms with E-state index in [0.29, 0.717) is 11.8 Å². The van der Waals surface area contributed by atoms with Gasteiger partial charge in [0.1, 0.15) is 0 Å². The number of carbonyl (C=O) groups is 1. The number of hydrogen-bond acceptors (Lipinski definition) is 3. The third-order valence-electron chi connectivity index (χ3n) is 4.77. The van der Waals surface area contributed by atoms with E-state index in [1.165, 1.54) is 12.8 Å². The van der Waals surface area contributed by atoms with Crippen LogP contribution in [0.5, 0.6) is 0 Å². The van der Waals surface area contributed by atoms with Crippen LogP contribution in [0.4, 0.5) is 0 Å². The molecule has 0 bridgehead atoms. The third-order valence-corrected chi connectivity index (χ3v) is 4.77. The zero-order valence-corrected chi connectivity index (χ0v) is 15.0. The lowest BCUT2D eigenvalue weighted by Crippen LogP contribution is -2.32. The largest absolute Gasteiger partial charge is 0.376 e. The average molecular weight is 333 g/mol. The van der Waals surface area contributed by atoms with Crippen LogP contribution < -0.4 is 5.32 Å². The monoisotopic (exact) mass is 332 g/mol. The van der Waals surface area contributed by atoms with Crippen molar-refractivity contribution in [3.63, 3.8) is 0 Å². The second-order valence-corrected chi connectivity index (χ2v) is 7.04. The first kappa shape index (κ1) is 19.7. The van der Waals surface area contributed by atoms with Gasteiger partial charge < -0.3 is 15.0 Å². The van der Waals surface area contributed by atoms with Crippen molar-refractivity contribution in [3.05, 3.63) is 0 Å². The zero-order valence-electron chi connectivity index (χ0n) is 14.2. The Morgan fingerprint density at radius 1 is 1.27 bits per heavy atom. The van der Waals surface area contributed by atoms with E-state index in [1.807, 2.05) is 4.90 Å². The SMILES string of the molecule is CC(C)CCOC1CCN(C(=O)CCC2CCNCC2)C1.Cl. The first-order valence-corrected chi connectivity index (χ1v) is 8.75. The number of ether oxygens (including phenoxy) is 1. The van der Waals surface area contributed by atoms with Gasteiger partial charge in [0.25, 0.3) is 0 Å². The Labute approximate surface area is 141 Å². The topological polar surface area (TPSA) is 41.6 Å². The second kappa shape index (κ2) is 10.5. The third kappa shape index (κ3) is 6.84. The van der Waals surface area contributed by atoms with Crippen molar-refractivity contribution in [3.8, 4) is 0 Å². The van der Waals surface area contributed by atoms with Gasteiger partial charge in [-0.15, -0.1) is 12.4 Å². The van der Waals surface area contributed by atoms with Crippen LogP contribution in [0.25, 0.3) is 0 Å². The molecule has 1 atom stereocenters. The summed E-state index contributed by atoms with van der Waals surface area (Å²) in [6.07, 6.45) is 6.64. The first-order valence-electron chi connectivity index (χ1n) is 8.75.